The van der Waals surface area contributed by atoms with E-state index in [1.54, 1.807) is 7.11 Å². The predicted molar refractivity (Wildman–Crippen MR) is 124 cm³/mol. The van der Waals surface area contributed by atoms with E-state index in [0.717, 1.165) is 62.2 Å². The molecule has 0 spiro atoms. The Hall–Kier alpha value is -2.47. The lowest BCUT2D eigenvalue weighted by Crippen LogP contribution is -2.34. The van der Waals surface area contributed by atoms with Gasteiger partial charge < -0.3 is 20.2 Å². The predicted octanol–water partition coefficient (Wildman–Crippen LogP) is 4.38. The highest BCUT2D eigenvalue weighted by Crippen LogP contribution is 2.28. The molecule has 3 rings (SSSR count). The quantitative estimate of drug-likeness (QED) is 0.402. The molecule has 0 atom stereocenters. The molecule has 0 bridgehead atoms. The lowest BCUT2D eigenvalue weighted by atomic mass is 9.92. The molecule has 1 aliphatic rings. The van der Waals surface area contributed by atoms with Crippen molar-refractivity contribution in [3.63, 3.8) is 0 Å². The third-order valence-electron chi connectivity index (χ3n) is 6.16. The first kappa shape index (κ1) is 23.2. The number of hydrogen-bond donors (Lipinski definition) is 1. The van der Waals surface area contributed by atoms with Gasteiger partial charge in [0.15, 0.2) is 0 Å². The van der Waals surface area contributed by atoms with Crippen molar-refractivity contribution in [3.8, 4) is 5.75 Å². The van der Waals surface area contributed by atoms with E-state index in [-0.39, 0.29) is 0 Å². The van der Waals surface area contributed by atoms with Gasteiger partial charge in [-0.25, -0.2) is 9.97 Å². The third-order valence-corrected chi connectivity index (χ3v) is 6.16. The highest BCUT2D eigenvalue weighted by Gasteiger charge is 2.22. The number of ether oxygens (including phenoxy) is 1. The maximum absolute atomic E-state index is 10.3. The number of likely N-dealkylation sites (tertiary alicyclic amines) is 1. The molecule has 0 radical (unpaired) electrons. The van der Waals surface area contributed by atoms with Crippen LogP contribution in [0.1, 0.15) is 74.2 Å². The number of anilines is 1. The first-order valence-electron chi connectivity index (χ1n) is 11.6. The maximum Gasteiger partial charge on any atom is 0.220 e. The fourth-order valence-corrected chi connectivity index (χ4v) is 4.34. The molecule has 2 heterocycles. The zero-order valence-electron chi connectivity index (χ0n) is 18.8. The summed E-state index contributed by atoms with van der Waals surface area (Å²) in [5.74, 6) is 1.69. The van der Waals surface area contributed by atoms with Crippen LogP contribution in [0, 0.1) is 0 Å². The number of rotatable bonds is 12. The number of nitrogens with zero attached hydrogens (tertiary/aromatic N) is 3. The molecule has 1 fully saturated rings. The number of nitrogens with two attached hydrogens (primary N) is 1. The highest BCUT2D eigenvalue weighted by atomic mass is 16.5. The molecular weight excluding hydrogens is 388 g/mol. The Kier molecular flexibility index (Phi) is 9.28. The summed E-state index contributed by atoms with van der Waals surface area (Å²) >= 11 is 0. The Morgan fingerprint density at radius 1 is 1.06 bits per heavy atom. The highest BCUT2D eigenvalue weighted by molar-refractivity contribution is 5.48. The van der Waals surface area contributed by atoms with Crippen LogP contribution in [0.15, 0.2) is 30.3 Å². The minimum absolute atomic E-state index is 0.373. The minimum Gasteiger partial charge on any atom is -0.497 e. The van der Waals surface area contributed by atoms with Gasteiger partial charge in [-0.15, -0.1) is 0 Å². The lowest BCUT2D eigenvalue weighted by molar-refractivity contribution is -0.107. The number of aldehydes is 1. The Bertz CT molecular complexity index is 802. The first-order chi connectivity index (χ1) is 15.2. The van der Waals surface area contributed by atoms with Gasteiger partial charge in [-0.3, -0.25) is 0 Å². The monoisotopic (exact) mass is 424 g/mol. The molecule has 6 heteroatoms. The van der Waals surface area contributed by atoms with E-state index in [1.165, 1.54) is 37.8 Å². The van der Waals surface area contributed by atoms with Crippen LogP contribution in [0.25, 0.3) is 0 Å². The van der Waals surface area contributed by atoms with Crippen molar-refractivity contribution < 1.29 is 9.53 Å². The Labute approximate surface area is 186 Å². The number of hydrogen-bond acceptors (Lipinski definition) is 6. The van der Waals surface area contributed by atoms with E-state index in [9.17, 15) is 4.79 Å². The summed E-state index contributed by atoms with van der Waals surface area (Å²) in [5, 5.41) is 0. The van der Waals surface area contributed by atoms with Crippen molar-refractivity contribution in [3.05, 3.63) is 47.3 Å². The van der Waals surface area contributed by atoms with Gasteiger partial charge in [-0.1, -0.05) is 31.4 Å². The van der Waals surface area contributed by atoms with E-state index in [1.807, 2.05) is 12.1 Å². The standard InChI is InChI=1S/C25H36N4O2/c1-31-23-10-8-20(9-11-23)18-22-19-24(28-25(26)27-22)21-12-15-29(16-13-21)14-6-4-2-3-5-7-17-30/h8-11,17,19,21H,2-7,12-16,18H2,1H3,(H2,26,27,28). The molecule has 2 N–H and O–H groups in total. The smallest absolute Gasteiger partial charge is 0.220 e. The summed E-state index contributed by atoms with van der Waals surface area (Å²) in [6, 6.07) is 10.2. The van der Waals surface area contributed by atoms with Crippen molar-refractivity contribution in [2.45, 2.75) is 63.7 Å². The van der Waals surface area contributed by atoms with Crippen LogP contribution in [0.2, 0.25) is 0 Å². The van der Waals surface area contributed by atoms with E-state index >= 15 is 0 Å². The van der Waals surface area contributed by atoms with Gasteiger partial charge in [0.2, 0.25) is 5.95 Å². The second kappa shape index (κ2) is 12.4. The second-order valence-corrected chi connectivity index (χ2v) is 8.51. The summed E-state index contributed by atoms with van der Waals surface area (Å²) in [4.78, 5) is 21.9. The average molecular weight is 425 g/mol. The number of piperidine rings is 1. The summed E-state index contributed by atoms with van der Waals surface area (Å²) < 4.78 is 5.24. The fraction of sp³-hybridized carbons (Fsp3) is 0.560. The minimum atomic E-state index is 0.373. The van der Waals surface area contributed by atoms with Gasteiger partial charge in [0.05, 0.1) is 12.8 Å². The number of methoxy groups -OCH3 is 1. The second-order valence-electron chi connectivity index (χ2n) is 8.51. The summed E-state index contributed by atoms with van der Waals surface area (Å²) in [6.07, 6.45) is 10.7. The molecule has 1 saturated heterocycles. The van der Waals surface area contributed by atoms with Crippen LogP contribution < -0.4 is 10.5 Å². The van der Waals surface area contributed by atoms with Gasteiger partial charge in [0.1, 0.15) is 12.0 Å². The van der Waals surface area contributed by atoms with Crippen LogP contribution in [0.4, 0.5) is 5.95 Å². The van der Waals surface area contributed by atoms with Crippen molar-refractivity contribution in [1.82, 2.24) is 14.9 Å². The van der Waals surface area contributed by atoms with E-state index in [4.69, 9.17) is 10.5 Å². The molecule has 1 aromatic carbocycles. The summed E-state index contributed by atoms with van der Waals surface area (Å²) in [6.45, 7) is 3.41. The van der Waals surface area contributed by atoms with Crippen molar-refractivity contribution >= 4 is 12.2 Å². The van der Waals surface area contributed by atoms with Crippen molar-refractivity contribution in [1.29, 1.82) is 0 Å². The number of benzene rings is 1. The van der Waals surface area contributed by atoms with E-state index in [0.29, 0.717) is 18.3 Å². The molecule has 168 valence electrons. The molecule has 1 aromatic heterocycles. The van der Waals surface area contributed by atoms with Gasteiger partial charge in [-0.05, 0) is 69.1 Å². The lowest BCUT2D eigenvalue weighted by Gasteiger charge is -2.31. The van der Waals surface area contributed by atoms with Crippen LogP contribution in [0.3, 0.4) is 0 Å². The molecule has 0 aliphatic carbocycles. The molecule has 2 aromatic rings. The number of nitrogen functional groups attached to an aromatic ring is 1. The molecule has 0 saturated carbocycles. The van der Waals surface area contributed by atoms with Crippen LogP contribution >= 0.6 is 0 Å². The SMILES string of the molecule is COc1ccc(Cc2cc(C3CCN(CCCCCCCC=O)CC3)nc(N)n2)cc1. The third kappa shape index (κ3) is 7.62. The van der Waals surface area contributed by atoms with Gasteiger partial charge in [-0.2, -0.15) is 0 Å². The van der Waals surface area contributed by atoms with Gasteiger partial charge in [0, 0.05) is 24.5 Å². The van der Waals surface area contributed by atoms with Gasteiger partial charge in [0.25, 0.3) is 0 Å². The molecule has 0 unspecified atom stereocenters. The number of carbonyl (C=O) groups excluding carboxylic acids is 1. The van der Waals surface area contributed by atoms with Crippen molar-refractivity contribution in [2.24, 2.45) is 0 Å². The Balaban J connectivity index is 1.46. The van der Waals surface area contributed by atoms with Crippen LogP contribution in [-0.2, 0) is 11.2 Å². The van der Waals surface area contributed by atoms with E-state index in [2.05, 4.69) is 33.1 Å². The molecular formula is C25H36N4O2. The first-order valence-corrected chi connectivity index (χ1v) is 11.6. The zero-order valence-corrected chi connectivity index (χ0v) is 18.8. The number of aromatic nitrogens is 2. The molecule has 1 aliphatic heterocycles. The van der Waals surface area contributed by atoms with Crippen molar-refractivity contribution in [2.75, 3.05) is 32.5 Å². The normalized spacial score (nSPS) is 15.1. The number of unbranched alkanes of at least 4 members (excludes halogenated alkanes) is 5. The number of carbonyl (C=O) groups is 1. The topological polar surface area (TPSA) is 81.3 Å². The largest absolute Gasteiger partial charge is 0.497 e. The molecule has 6 nitrogen and oxygen atoms in total. The Morgan fingerprint density at radius 2 is 1.77 bits per heavy atom. The summed E-state index contributed by atoms with van der Waals surface area (Å²) in [7, 11) is 1.68. The molecule has 0 amide bonds. The van der Waals surface area contributed by atoms with Crippen LogP contribution in [0.5, 0.6) is 5.75 Å². The van der Waals surface area contributed by atoms with Crippen LogP contribution in [-0.4, -0.2) is 47.9 Å². The fourth-order valence-electron chi connectivity index (χ4n) is 4.34. The summed E-state index contributed by atoms with van der Waals surface area (Å²) in [5.41, 5.74) is 9.30. The molecule has 31 heavy (non-hydrogen) atoms. The van der Waals surface area contributed by atoms with E-state index < -0.39 is 0 Å². The zero-order chi connectivity index (χ0) is 21.9. The average Bonchev–Trinajstić information content (AvgIpc) is 2.79. The maximum atomic E-state index is 10.3. The van der Waals surface area contributed by atoms with Gasteiger partial charge >= 0.3 is 0 Å². The Morgan fingerprint density at radius 3 is 2.48 bits per heavy atom.